The highest BCUT2D eigenvalue weighted by Crippen LogP contribution is 2.50. The van der Waals surface area contributed by atoms with Crippen LogP contribution in [0.15, 0.2) is 0 Å². The molecule has 6 atom stereocenters. The first-order valence-corrected chi connectivity index (χ1v) is 14.5. The normalized spacial score (nSPS) is 29.4. The molecule has 3 aliphatic rings. The third-order valence-electron chi connectivity index (χ3n) is 9.36. The van der Waals surface area contributed by atoms with E-state index in [9.17, 15) is 28.8 Å². The van der Waals surface area contributed by atoms with Crippen LogP contribution in [0.25, 0.3) is 0 Å². The number of urea groups is 1. The number of nitrogens with two attached hydrogens (primary N) is 1. The SMILES string of the molecule is CC(=O)C1(NC(=O)N[C@H](C(=O)N2CC[C@H](C(C)C)[C@H]2C(=O)NC(CC2CC2)C(=O)C(N)=O)C(C)(C)C)C(C)C1C. The molecule has 3 rings (SSSR count). The van der Waals surface area contributed by atoms with Gasteiger partial charge in [-0.25, -0.2) is 4.79 Å². The van der Waals surface area contributed by atoms with Crippen LogP contribution in [0.4, 0.5) is 4.79 Å². The Balaban J connectivity index is 1.83. The summed E-state index contributed by atoms with van der Waals surface area (Å²) in [5.41, 5.74) is 3.58. The van der Waals surface area contributed by atoms with Crippen LogP contribution in [0.5, 0.6) is 0 Å². The number of primary amides is 1. The van der Waals surface area contributed by atoms with Crippen LogP contribution in [0, 0.1) is 35.0 Å². The van der Waals surface area contributed by atoms with Crippen molar-refractivity contribution in [1.29, 1.82) is 0 Å². The molecule has 0 radical (unpaired) electrons. The van der Waals surface area contributed by atoms with Crippen LogP contribution >= 0.6 is 0 Å². The highest BCUT2D eigenvalue weighted by molar-refractivity contribution is 6.37. The monoisotopic (exact) mass is 561 g/mol. The van der Waals surface area contributed by atoms with Gasteiger partial charge in [0.15, 0.2) is 5.78 Å². The van der Waals surface area contributed by atoms with Gasteiger partial charge < -0.3 is 26.6 Å². The van der Waals surface area contributed by atoms with Gasteiger partial charge in [-0.1, -0.05) is 61.3 Å². The quantitative estimate of drug-likeness (QED) is 0.279. The highest BCUT2D eigenvalue weighted by Gasteiger charge is 2.64. The number of nitrogens with one attached hydrogen (secondary N) is 3. The van der Waals surface area contributed by atoms with Gasteiger partial charge in [-0.3, -0.25) is 24.0 Å². The topological polar surface area (TPSA) is 168 Å². The second kappa shape index (κ2) is 11.5. The second-order valence-corrected chi connectivity index (χ2v) is 13.5. The molecule has 40 heavy (non-hydrogen) atoms. The molecule has 3 fully saturated rings. The largest absolute Gasteiger partial charge is 0.363 e. The van der Waals surface area contributed by atoms with E-state index in [1.54, 1.807) is 0 Å². The van der Waals surface area contributed by atoms with Gasteiger partial charge in [0.05, 0.1) is 6.04 Å². The molecular weight excluding hydrogens is 514 g/mol. The van der Waals surface area contributed by atoms with Crippen molar-refractivity contribution in [2.75, 3.05) is 6.54 Å². The summed E-state index contributed by atoms with van der Waals surface area (Å²) in [6.45, 7) is 15.0. The maximum atomic E-state index is 14.1. The minimum Gasteiger partial charge on any atom is -0.363 e. The smallest absolute Gasteiger partial charge is 0.316 e. The average Bonchev–Trinajstić information content (AvgIpc) is 3.69. The molecule has 2 saturated carbocycles. The van der Waals surface area contributed by atoms with Gasteiger partial charge in [0, 0.05) is 6.54 Å². The fourth-order valence-electron chi connectivity index (χ4n) is 6.35. The lowest BCUT2D eigenvalue weighted by atomic mass is 9.84. The van der Waals surface area contributed by atoms with Crippen molar-refractivity contribution in [2.24, 2.45) is 40.7 Å². The van der Waals surface area contributed by atoms with E-state index in [1.165, 1.54) is 11.8 Å². The molecule has 5 amide bonds. The number of hydrogen-bond donors (Lipinski definition) is 4. The summed E-state index contributed by atoms with van der Waals surface area (Å²) in [5.74, 6) is -2.92. The van der Waals surface area contributed by atoms with Crippen molar-refractivity contribution in [3.63, 3.8) is 0 Å². The van der Waals surface area contributed by atoms with Gasteiger partial charge in [-0.2, -0.15) is 0 Å². The summed E-state index contributed by atoms with van der Waals surface area (Å²) in [4.78, 5) is 78.9. The lowest BCUT2D eigenvalue weighted by molar-refractivity contribution is -0.144. The van der Waals surface area contributed by atoms with Crippen molar-refractivity contribution >= 4 is 35.3 Å². The van der Waals surface area contributed by atoms with Crippen LogP contribution < -0.4 is 21.7 Å². The van der Waals surface area contributed by atoms with Crippen LogP contribution in [0.1, 0.15) is 81.1 Å². The van der Waals surface area contributed by atoms with Gasteiger partial charge >= 0.3 is 6.03 Å². The molecular formula is C29H47N5O6. The van der Waals surface area contributed by atoms with E-state index in [-0.39, 0.29) is 35.4 Å². The molecule has 224 valence electrons. The summed E-state index contributed by atoms with van der Waals surface area (Å²) >= 11 is 0. The molecule has 1 heterocycles. The number of Topliss-reactive ketones (excluding diaryl/α,β-unsaturated/α-hetero) is 2. The number of rotatable bonds is 11. The molecule has 1 saturated heterocycles. The average molecular weight is 562 g/mol. The number of likely N-dealkylation sites (tertiary alicyclic amines) is 1. The first kappa shape index (κ1) is 31.5. The Morgan fingerprint density at radius 2 is 1.55 bits per heavy atom. The fraction of sp³-hybridized carbons (Fsp3) is 0.793. The molecule has 11 nitrogen and oxygen atoms in total. The van der Waals surface area contributed by atoms with Crippen LogP contribution in [-0.2, 0) is 24.0 Å². The minimum absolute atomic E-state index is 0.0234. The van der Waals surface area contributed by atoms with E-state index < -0.39 is 58.6 Å². The minimum atomic E-state index is -1.10. The predicted octanol–water partition coefficient (Wildman–Crippen LogP) is 1.53. The van der Waals surface area contributed by atoms with E-state index in [2.05, 4.69) is 16.0 Å². The molecule has 0 aromatic heterocycles. The van der Waals surface area contributed by atoms with Crippen molar-refractivity contribution in [2.45, 2.75) is 105 Å². The molecule has 1 aliphatic heterocycles. The summed E-state index contributed by atoms with van der Waals surface area (Å²) in [6, 6.07) is -3.51. The third kappa shape index (κ3) is 6.33. The number of ketones is 2. The van der Waals surface area contributed by atoms with Crippen molar-refractivity contribution < 1.29 is 28.8 Å². The molecule has 0 spiro atoms. The maximum absolute atomic E-state index is 14.1. The molecule has 11 heteroatoms. The number of carbonyl (C=O) groups is 6. The highest BCUT2D eigenvalue weighted by atomic mass is 16.2. The Kier molecular flexibility index (Phi) is 9.06. The summed E-state index contributed by atoms with van der Waals surface area (Å²) in [5, 5.41) is 8.36. The van der Waals surface area contributed by atoms with Gasteiger partial charge in [-0.15, -0.1) is 0 Å². The summed E-state index contributed by atoms with van der Waals surface area (Å²) in [6.07, 6.45) is 2.75. The van der Waals surface area contributed by atoms with E-state index in [0.29, 0.717) is 19.4 Å². The lowest BCUT2D eigenvalue weighted by Gasteiger charge is -2.37. The molecule has 5 N–H and O–H groups in total. The zero-order chi connectivity index (χ0) is 30.3. The van der Waals surface area contributed by atoms with Gasteiger partial charge in [-0.05, 0) is 54.8 Å². The van der Waals surface area contributed by atoms with Crippen LogP contribution in [-0.4, -0.2) is 70.4 Å². The Bertz CT molecular complexity index is 1050. The first-order chi connectivity index (χ1) is 18.4. The molecule has 0 bridgehead atoms. The zero-order valence-corrected chi connectivity index (χ0v) is 25.1. The summed E-state index contributed by atoms with van der Waals surface area (Å²) < 4.78 is 0. The van der Waals surface area contributed by atoms with E-state index >= 15 is 0 Å². The van der Waals surface area contributed by atoms with Crippen molar-refractivity contribution in [3.8, 4) is 0 Å². The Morgan fingerprint density at radius 1 is 0.975 bits per heavy atom. The Labute approximate surface area is 237 Å². The second-order valence-electron chi connectivity index (χ2n) is 13.5. The number of amides is 5. The van der Waals surface area contributed by atoms with E-state index in [0.717, 1.165) is 12.8 Å². The lowest BCUT2D eigenvalue weighted by Crippen LogP contribution is -2.62. The summed E-state index contributed by atoms with van der Waals surface area (Å²) in [7, 11) is 0. The van der Waals surface area contributed by atoms with Gasteiger partial charge in [0.1, 0.15) is 17.6 Å². The van der Waals surface area contributed by atoms with Gasteiger partial charge in [0.2, 0.25) is 17.6 Å². The molecule has 3 unspecified atom stereocenters. The molecule has 2 aliphatic carbocycles. The fourth-order valence-corrected chi connectivity index (χ4v) is 6.35. The maximum Gasteiger partial charge on any atom is 0.316 e. The zero-order valence-electron chi connectivity index (χ0n) is 25.1. The standard InChI is InChI=1S/C29H47N5O6/c1-14(2)19-11-12-34(21(19)25(38)31-20(13-18-9-10-18)22(36)24(30)37)26(39)23(28(6,7)8)32-27(40)33-29(17(5)35)15(3)16(29)4/h14-16,18-21,23H,9-13H2,1-8H3,(H2,30,37)(H,31,38)(H2,32,33,40)/t15?,16?,19-,20?,21+,23-,29?/m1/s1. The third-order valence-corrected chi connectivity index (χ3v) is 9.36. The Morgan fingerprint density at radius 3 is 1.98 bits per heavy atom. The number of hydrogen-bond acceptors (Lipinski definition) is 6. The number of carbonyl (C=O) groups excluding carboxylic acids is 6. The Hall–Kier alpha value is -2.98. The first-order valence-electron chi connectivity index (χ1n) is 14.5. The molecule has 0 aromatic rings. The van der Waals surface area contributed by atoms with Crippen LogP contribution in [0.2, 0.25) is 0 Å². The molecule has 0 aromatic carbocycles. The van der Waals surface area contributed by atoms with E-state index in [1.807, 2.05) is 48.5 Å². The van der Waals surface area contributed by atoms with Gasteiger partial charge in [0.25, 0.3) is 5.91 Å². The van der Waals surface area contributed by atoms with E-state index in [4.69, 9.17) is 5.73 Å². The number of nitrogens with zero attached hydrogens (tertiary/aromatic N) is 1. The van der Waals surface area contributed by atoms with Crippen LogP contribution in [0.3, 0.4) is 0 Å². The predicted molar refractivity (Wildman–Crippen MR) is 149 cm³/mol. The van der Waals surface area contributed by atoms with Crippen molar-refractivity contribution in [3.05, 3.63) is 0 Å². The van der Waals surface area contributed by atoms with Crippen molar-refractivity contribution in [1.82, 2.24) is 20.9 Å².